The van der Waals surface area contributed by atoms with Gasteiger partial charge in [-0.2, -0.15) is 9.57 Å². The number of nitrogens with one attached hydrogen (secondary N) is 1. The fourth-order valence-electron chi connectivity index (χ4n) is 4.39. The molecule has 0 radical (unpaired) electrons. The Labute approximate surface area is 239 Å². The molecule has 0 bridgehead atoms. The van der Waals surface area contributed by atoms with Crippen molar-refractivity contribution in [3.05, 3.63) is 53.2 Å². The molecule has 12 heteroatoms. The first-order valence-electron chi connectivity index (χ1n) is 14.0. The number of imidazole rings is 1. The van der Waals surface area contributed by atoms with E-state index in [1.165, 1.54) is 22.5 Å². The third-order valence-corrected chi connectivity index (χ3v) is 10.3. The summed E-state index contributed by atoms with van der Waals surface area (Å²) in [5.41, 5.74) is 2.17. The van der Waals surface area contributed by atoms with E-state index in [-0.39, 0.29) is 30.5 Å². The second-order valence-corrected chi connectivity index (χ2v) is 18.9. The van der Waals surface area contributed by atoms with Gasteiger partial charge in [0.25, 0.3) is 5.91 Å². The number of ether oxygens (including phenoxy) is 2. The zero-order valence-electron chi connectivity index (χ0n) is 24.0. The van der Waals surface area contributed by atoms with Crippen LogP contribution in [0.15, 0.2) is 41.6 Å². The molecular formula is C28H43N5O5SSi. The highest BCUT2D eigenvalue weighted by Gasteiger charge is 2.25. The van der Waals surface area contributed by atoms with Crippen molar-refractivity contribution < 1.29 is 22.7 Å². The number of amides is 1. The molecule has 1 aliphatic carbocycles. The van der Waals surface area contributed by atoms with E-state index in [1.54, 1.807) is 16.7 Å². The van der Waals surface area contributed by atoms with Gasteiger partial charge in [0, 0.05) is 40.5 Å². The molecular weight excluding hydrogens is 546 g/mol. The molecule has 1 aliphatic heterocycles. The number of aromatic nitrogens is 2. The Kier molecular flexibility index (Phi) is 12.3. The molecule has 0 unspecified atom stereocenters. The van der Waals surface area contributed by atoms with Crippen molar-refractivity contribution in [2.75, 3.05) is 45.2 Å². The van der Waals surface area contributed by atoms with Crippen LogP contribution in [0.3, 0.4) is 0 Å². The molecule has 1 fully saturated rings. The Morgan fingerprint density at radius 1 is 1.27 bits per heavy atom. The van der Waals surface area contributed by atoms with E-state index in [1.807, 2.05) is 12.1 Å². The molecule has 1 amide bonds. The van der Waals surface area contributed by atoms with Crippen molar-refractivity contribution >= 4 is 24.0 Å². The maximum atomic E-state index is 13.1. The van der Waals surface area contributed by atoms with Gasteiger partial charge in [-0.05, 0) is 43.7 Å². The van der Waals surface area contributed by atoms with Crippen LogP contribution in [0, 0.1) is 11.3 Å². The molecule has 3 rings (SSSR count). The van der Waals surface area contributed by atoms with E-state index in [0.29, 0.717) is 38.5 Å². The van der Waals surface area contributed by atoms with E-state index in [9.17, 15) is 18.5 Å². The van der Waals surface area contributed by atoms with Crippen LogP contribution < -0.4 is 5.32 Å². The summed E-state index contributed by atoms with van der Waals surface area (Å²) in [6.07, 6.45) is 14.5. The van der Waals surface area contributed by atoms with E-state index in [0.717, 1.165) is 31.7 Å². The lowest BCUT2D eigenvalue weighted by Gasteiger charge is -2.26. The van der Waals surface area contributed by atoms with Gasteiger partial charge in [0.1, 0.15) is 12.8 Å². The van der Waals surface area contributed by atoms with Crippen LogP contribution in [0.2, 0.25) is 25.7 Å². The maximum absolute atomic E-state index is 13.1. The first-order valence-corrected chi connectivity index (χ1v) is 19.3. The topological polar surface area (TPSA) is 127 Å². The minimum atomic E-state index is -3.49. The number of nitriles is 1. The lowest BCUT2D eigenvalue weighted by Crippen LogP contribution is -2.42. The van der Waals surface area contributed by atoms with Gasteiger partial charge in [0.2, 0.25) is 15.8 Å². The summed E-state index contributed by atoms with van der Waals surface area (Å²) in [7, 11) is -4.73. The largest absolute Gasteiger partial charge is 0.379 e. The minimum absolute atomic E-state index is 0.102. The third kappa shape index (κ3) is 10.8. The Bertz CT molecular complexity index is 1230. The van der Waals surface area contributed by atoms with Crippen molar-refractivity contribution in [2.45, 2.75) is 64.5 Å². The Hall–Kier alpha value is -2.56. The van der Waals surface area contributed by atoms with E-state index in [2.05, 4.69) is 36.0 Å². The van der Waals surface area contributed by atoms with Crippen molar-refractivity contribution in [1.82, 2.24) is 19.2 Å². The standard InChI is InChI=1S/C28H43N5O5SSi/c1-40(2,3)19-18-38-23-32-21-26(20-29)31-27(32)28(34)30-13-7-10-25(12-11-24-8-5-4-6-9-24)22-39(35,36)33-14-16-37-17-15-33/h7-8,10,12,21H,4-6,9,11,13-19,22-23H2,1-3H3,(H,30,34)/b10-7-,25-12+. The van der Waals surface area contributed by atoms with Crippen LogP contribution in [0.5, 0.6) is 0 Å². The molecule has 0 spiro atoms. The highest BCUT2D eigenvalue weighted by Crippen LogP contribution is 2.22. The minimum Gasteiger partial charge on any atom is -0.379 e. The van der Waals surface area contributed by atoms with Crippen molar-refractivity contribution in [3.8, 4) is 6.07 Å². The molecule has 2 heterocycles. The molecule has 0 atom stereocenters. The van der Waals surface area contributed by atoms with Gasteiger partial charge in [-0.15, -0.1) is 0 Å². The molecule has 1 aromatic heterocycles. The normalized spacial score (nSPS) is 17.6. The van der Waals surface area contributed by atoms with Gasteiger partial charge in [0.05, 0.1) is 19.0 Å². The predicted octanol–water partition coefficient (Wildman–Crippen LogP) is 3.83. The smallest absolute Gasteiger partial charge is 0.287 e. The lowest BCUT2D eigenvalue weighted by molar-refractivity contribution is 0.0731. The molecule has 1 saturated heterocycles. The van der Waals surface area contributed by atoms with Crippen LogP contribution >= 0.6 is 0 Å². The molecule has 0 saturated carbocycles. The van der Waals surface area contributed by atoms with Gasteiger partial charge in [-0.25, -0.2) is 13.4 Å². The molecule has 10 nitrogen and oxygen atoms in total. The molecule has 0 aromatic carbocycles. The summed E-state index contributed by atoms with van der Waals surface area (Å²) in [5.74, 6) is -0.429. The highest BCUT2D eigenvalue weighted by atomic mass is 32.2. The van der Waals surface area contributed by atoms with Crippen molar-refractivity contribution in [3.63, 3.8) is 0 Å². The van der Waals surface area contributed by atoms with Crippen LogP contribution in [-0.4, -0.2) is 81.5 Å². The number of hydrogen-bond acceptors (Lipinski definition) is 7. The summed E-state index contributed by atoms with van der Waals surface area (Å²) < 4.78 is 40.2. The van der Waals surface area contributed by atoms with Gasteiger partial charge in [-0.3, -0.25) is 4.79 Å². The summed E-state index contributed by atoms with van der Waals surface area (Å²) in [6, 6.07) is 2.97. The van der Waals surface area contributed by atoms with Gasteiger partial charge < -0.3 is 19.4 Å². The van der Waals surface area contributed by atoms with Crippen LogP contribution in [0.4, 0.5) is 0 Å². The second kappa shape index (κ2) is 15.4. The fourth-order valence-corrected chi connectivity index (χ4v) is 6.67. The van der Waals surface area contributed by atoms with E-state index in [4.69, 9.17) is 9.47 Å². The lowest BCUT2D eigenvalue weighted by atomic mass is 9.96. The SMILES string of the molecule is C[Si](C)(C)CCOCn1cc(C#N)nc1C(=O)NC/C=C\C(=C/CC1=CCCCC1)CS(=O)(=O)N1CCOCC1. The average Bonchev–Trinajstić information content (AvgIpc) is 3.36. The number of rotatable bonds is 14. The van der Waals surface area contributed by atoms with Crippen LogP contribution in [-0.2, 0) is 26.2 Å². The Balaban J connectivity index is 1.63. The summed E-state index contributed by atoms with van der Waals surface area (Å²) >= 11 is 0. The quantitative estimate of drug-likeness (QED) is 0.151. The number of allylic oxidation sites excluding steroid dienone is 4. The zero-order chi connectivity index (χ0) is 29.0. The van der Waals surface area contributed by atoms with Crippen molar-refractivity contribution in [1.29, 1.82) is 5.26 Å². The number of hydrogen-bond donors (Lipinski definition) is 1. The first-order chi connectivity index (χ1) is 19.1. The molecule has 1 N–H and O–H groups in total. The molecule has 220 valence electrons. The zero-order valence-corrected chi connectivity index (χ0v) is 25.8. The van der Waals surface area contributed by atoms with Gasteiger partial charge in [-0.1, -0.05) is 49.5 Å². The summed E-state index contributed by atoms with van der Waals surface area (Å²) in [4.78, 5) is 17.0. The van der Waals surface area contributed by atoms with Gasteiger partial charge >= 0.3 is 0 Å². The predicted molar refractivity (Wildman–Crippen MR) is 158 cm³/mol. The van der Waals surface area contributed by atoms with Crippen LogP contribution in [0.25, 0.3) is 0 Å². The molecule has 1 aromatic rings. The van der Waals surface area contributed by atoms with E-state index >= 15 is 0 Å². The number of carbonyl (C=O) groups is 1. The average molecular weight is 590 g/mol. The number of carbonyl (C=O) groups excluding carboxylic acids is 1. The van der Waals surface area contributed by atoms with Crippen molar-refractivity contribution in [2.24, 2.45) is 0 Å². The highest BCUT2D eigenvalue weighted by molar-refractivity contribution is 7.89. The molecule has 2 aliphatic rings. The monoisotopic (exact) mass is 589 g/mol. The van der Waals surface area contributed by atoms with E-state index < -0.39 is 24.0 Å². The number of sulfonamides is 1. The summed E-state index contributed by atoms with van der Waals surface area (Å²) in [6.45, 7) is 9.22. The Morgan fingerprint density at radius 2 is 2.05 bits per heavy atom. The summed E-state index contributed by atoms with van der Waals surface area (Å²) in [5, 5.41) is 12.1. The Morgan fingerprint density at radius 3 is 2.73 bits per heavy atom. The van der Waals surface area contributed by atoms with Crippen LogP contribution in [0.1, 0.15) is 48.4 Å². The third-order valence-electron chi connectivity index (χ3n) is 6.76. The number of morpholine rings is 1. The van der Waals surface area contributed by atoms with Gasteiger partial charge in [0.15, 0.2) is 5.69 Å². The molecule has 40 heavy (non-hydrogen) atoms. The number of nitrogens with zero attached hydrogens (tertiary/aromatic N) is 4. The second-order valence-electron chi connectivity index (χ2n) is 11.4. The fraction of sp³-hybridized carbons (Fsp3) is 0.607. The maximum Gasteiger partial charge on any atom is 0.287 e. The first kappa shape index (κ1) is 32.0.